The van der Waals surface area contributed by atoms with Crippen LogP contribution in [0.25, 0.3) is 0 Å². The lowest BCUT2D eigenvalue weighted by Gasteiger charge is -2.32. The number of nitrogens with one attached hydrogen (secondary N) is 1. The summed E-state index contributed by atoms with van der Waals surface area (Å²) < 4.78 is 5.81. The summed E-state index contributed by atoms with van der Waals surface area (Å²) in [5.41, 5.74) is 3.58. The highest BCUT2D eigenvalue weighted by Crippen LogP contribution is 2.27. The molecule has 0 amide bonds. The molecule has 0 aliphatic carbocycles. The molecule has 3 rings (SSSR count). The number of aromatic amines is 1. The second-order valence-corrected chi connectivity index (χ2v) is 6.84. The molecule has 0 radical (unpaired) electrons. The first-order valence-electron chi connectivity index (χ1n) is 8.71. The molecular formula is C19H27N3O2. The molecule has 1 aliphatic rings. The molecule has 1 unspecified atom stereocenters. The van der Waals surface area contributed by atoms with Crippen molar-refractivity contribution in [3.63, 3.8) is 0 Å². The minimum absolute atomic E-state index is 0.339. The lowest BCUT2D eigenvalue weighted by atomic mass is 9.91. The van der Waals surface area contributed by atoms with Gasteiger partial charge in [0.2, 0.25) is 0 Å². The van der Waals surface area contributed by atoms with Gasteiger partial charge in [0.1, 0.15) is 18.5 Å². The number of rotatable bonds is 6. The number of aromatic nitrogens is 2. The third-order valence-electron chi connectivity index (χ3n) is 4.82. The van der Waals surface area contributed by atoms with Gasteiger partial charge in [-0.3, -0.25) is 5.10 Å². The molecule has 0 spiro atoms. The number of hydrogen-bond acceptors (Lipinski definition) is 4. The van der Waals surface area contributed by atoms with E-state index in [0.29, 0.717) is 19.1 Å². The summed E-state index contributed by atoms with van der Waals surface area (Å²) in [4.78, 5) is 2.33. The fourth-order valence-electron chi connectivity index (χ4n) is 3.33. The lowest BCUT2D eigenvalue weighted by molar-refractivity contribution is 0.0592. The molecule has 2 aromatic rings. The molecular weight excluding hydrogens is 302 g/mol. The first-order valence-corrected chi connectivity index (χ1v) is 8.71. The van der Waals surface area contributed by atoms with Gasteiger partial charge in [-0.15, -0.1) is 0 Å². The standard InChI is InChI=1S/C19H27N3O2/c1-14-3-4-15(2)19(9-14)24-13-18(23)12-22-7-5-16(6-8-22)17-10-20-21-11-17/h3-4,9-11,16,18,23H,5-8,12-13H2,1-2H3,(H,20,21). The molecule has 0 saturated carbocycles. The van der Waals surface area contributed by atoms with Crippen LogP contribution < -0.4 is 4.74 Å². The van der Waals surface area contributed by atoms with Crippen molar-refractivity contribution in [3.8, 4) is 5.75 Å². The quantitative estimate of drug-likeness (QED) is 0.855. The molecule has 0 bridgehead atoms. The van der Waals surface area contributed by atoms with Crippen molar-refractivity contribution in [2.75, 3.05) is 26.2 Å². The van der Waals surface area contributed by atoms with Crippen molar-refractivity contribution in [3.05, 3.63) is 47.3 Å². The van der Waals surface area contributed by atoms with E-state index >= 15 is 0 Å². The first kappa shape index (κ1) is 17.0. The van der Waals surface area contributed by atoms with E-state index in [2.05, 4.69) is 27.2 Å². The van der Waals surface area contributed by atoms with Gasteiger partial charge in [0.15, 0.2) is 0 Å². The minimum Gasteiger partial charge on any atom is -0.491 e. The molecule has 5 heteroatoms. The van der Waals surface area contributed by atoms with E-state index in [1.165, 1.54) is 11.1 Å². The molecule has 1 saturated heterocycles. The number of benzene rings is 1. The van der Waals surface area contributed by atoms with Gasteiger partial charge in [-0.1, -0.05) is 12.1 Å². The zero-order valence-electron chi connectivity index (χ0n) is 14.5. The fraction of sp³-hybridized carbons (Fsp3) is 0.526. The first-order chi connectivity index (χ1) is 11.6. The number of H-pyrrole nitrogens is 1. The van der Waals surface area contributed by atoms with Gasteiger partial charge in [-0.25, -0.2) is 0 Å². The molecule has 5 nitrogen and oxygen atoms in total. The summed E-state index contributed by atoms with van der Waals surface area (Å²) >= 11 is 0. The van der Waals surface area contributed by atoms with Crippen molar-refractivity contribution in [2.24, 2.45) is 0 Å². The summed E-state index contributed by atoms with van der Waals surface area (Å²) in [5, 5.41) is 17.2. The number of aliphatic hydroxyl groups is 1. The molecule has 1 atom stereocenters. The highest BCUT2D eigenvalue weighted by Gasteiger charge is 2.22. The highest BCUT2D eigenvalue weighted by atomic mass is 16.5. The van der Waals surface area contributed by atoms with Crippen LogP contribution in [0.3, 0.4) is 0 Å². The summed E-state index contributed by atoms with van der Waals surface area (Å²) in [6.07, 6.45) is 5.68. The predicted octanol–water partition coefficient (Wildman–Crippen LogP) is 2.65. The average molecular weight is 329 g/mol. The smallest absolute Gasteiger partial charge is 0.122 e. The molecule has 130 valence electrons. The van der Waals surface area contributed by atoms with E-state index in [4.69, 9.17) is 4.74 Å². The van der Waals surface area contributed by atoms with Gasteiger partial charge < -0.3 is 14.7 Å². The van der Waals surface area contributed by atoms with Crippen molar-refractivity contribution in [1.29, 1.82) is 0 Å². The SMILES string of the molecule is Cc1ccc(C)c(OCC(O)CN2CCC(c3cn[nH]c3)CC2)c1. The second kappa shape index (κ2) is 7.81. The predicted molar refractivity (Wildman–Crippen MR) is 94.4 cm³/mol. The second-order valence-electron chi connectivity index (χ2n) is 6.84. The highest BCUT2D eigenvalue weighted by molar-refractivity contribution is 5.35. The van der Waals surface area contributed by atoms with Crippen LogP contribution in [0.2, 0.25) is 0 Å². The topological polar surface area (TPSA) is 61.4 Å². The summed E-state index contributed by atoms with van der Waals surface area (Å²) in [6, 6.07) is 6.15. The monoisotopic (exact) mass is 329 g/mol. The Morgan fingerprint density at radius 3 is 2.83 bits per heavy atom. The molecule has 24 heavy (non-hydrogen) atoms. The lowest BCUT2D eigenvalue weighted by Crippen LogP contribution is -2.40. The van der Waals surface area contributed by atoms with Gasteiger partial charge >= 0.3 is 0 Å². The molecule has 1 fully saturated rings. The van der Waals surface area contributed by atoms with E-state index in [9.17, 15) is 5.11 Å². The number of likely N-dealkylation sites (tertiary alicyclic amines) is 1. The summed E-state index contributed by atoms with van der Waals surface area (Å²) in [6.45, 7) is 7.11. The average Bonchev–Trinajstić information content (AvgIpc) is 3.11. The Kier molecular flexibility index (Phi) is 5.53. The third kappa shape index (κ3) is 4.36. The number of aryl methyl sites for hydroxylation is 2. The van der Waals surface area contributed by atoms with Crippen LogP contribution in [0.15, 0.2) is 30.6 Å². The Morgan fingerprint density at radius 2 is 2.12 bits per heavy atom. The van der Waals surface area contributed by atoms with Gasteiger partial charge in [0, 0.05) is 12.7 Å². The van der Waals surface area contributed by atoms with Crippen LogP contribution in [-0.2, 0) is 0 Å². The van der Waals surface area contributed by atoms with Crippen LogP contribution in [0, 0.1) is 13.8 Å². The maximum atomic E-state index is 10.3. The molecule has 2 N–H and O–H groups in total. The largest absolute Gasteiger partial charge is 0.491 e. The van der Waals surface area contributed by atoms with Gasteiger partial charge in [-0.05, 0) is 68.5 Å². The van der Waals surface area contributed by atoms with Crippen LogP contribution >= 0.6 is 0 Å². The van der Waals surface area contributed by atoms with Gasteiger partial charge in [-0.2, -0.15) is 5.10 Å². The summed E-state index contributed by atoms with van der Waals surface area (Å²) in [5.74, 6) is 1.45. The Bertz CT molecular complexity index is 634. The fourth-order valence-corrected chi connectivity index (χ4v) is 3.33. The van der Waals surface area contributed by atoms with Gasteiger partial charge in [0.25, 0.3) is 0 Å². The zero-order valence-corrected chi connectivity index (χ0v) is 14.5. The Hall–Kier alpha value is -1.85. The van der Waals surface area contributed by atoms with Crippen molar-refractivity contribution < 1.29 is 9.84 Å². The number of hydrogen-bond donors (Lipinski definition) is 2. The van der Waals surface area contributed by atoms with E-state index in [1.807, 2.05) is 32.3 Å². The van der Waals surface area contributed by atoms with Crippen LogP contribution in [0.4, 0.5) is 0 Å². The molecule has 2 heterocycles. The normalized spacial score (nSPS) is 17.8. The van der Waals surface area contributed by atoms with E-state index in [-0.39, 0.29) is 0 Å². The Morgan fingerprint density at radius 1 is 1.33 bits per heavy atom. The zero-order chi connectivity index (χ0) is 16.9. The molecule has 1 aromatic carbocycles. The third-order valence-corrected chi connectivity index (χ3v) is 4.82. The Balaban J connectivity index is 1.43. The van der Waals surface area contributed by atoms with Crippen molar-refractivity contribution >= 4 is 0 Å². The van der Waals surface area contributed by atoms with Crippen LogP contribution in [-0.4, -0.2) is 52.5 Å². The van der Waals surface area contributed by atoms with Crippen molar-refractivity contribution in [2.45, 2.75) is 38.7 Å². The number of β-amino-alcohol motifs (C(OH)–C–C–N with tert-alkyl or cyclic N) is 1. The maximum absolute atomic E-state index is 10.3. The van der Waals surface area contributed by atoms with Gasteiger partial charge in [0.05, 0.1) is 6.20 Å². The maximum Gasteiger partial charge on any atom is 0.122 e. The number of aliphatic hydroxyl groups excluding tert-OH is 1. The van der Waals surface area contributed by atoms with Crippen molar-refractivity contribution in [1.82, 2.24) is 15.1 Å². The number of nitrogens with zero attached hydrogens (tertiary/aromatic N) is 2. The molecule has 1 aliphatic heterocycles. The Labute approximate surface area is 143 Å². The minimum atomic E-state index is -0.463. The van der Waals surface area contributed by atoms with Crippen LogP contribution in [0.1, 0.15) is 35.4 Å². The van der Waals surface area contributed by atoms with Crippen LogP contribution in [0.5, 0.6) is 5.75 Å². The number of piperidine rings is 1. The summed E-state index contributed by atoms with van der Waals surface area (Å²) in [7, 11) is 0. The number of ether oxygens (including phenoxy) is 1. The van der Waals surface area contributed by atoms with E-state index in [0.717, 1.165) is 37.2 Å². The van der Waals surface area contributed by atoms with E-state index in [1.54, 1.807) is 0 Å². The van der Waals surface area contributed by atoms with E-state index < -0.39 is 6.10 Å². The molecule has 1 aromatic heterocycles.